The third kappa shape index (κ3) is 1.14. The highest BCUT2D eigenvalue weighted by atomic mass is 16.4. The molecule has 3 nitrogen and oxygen atoms in total. The maximum atomic E-state index is 9.58. The Balaban J connectivity index is 2.27. The number of aliphatic hydroxyl groups excluding tert-OH is 1. The Hall–Kier alpha value is -1.48. The second-order valence-electron chi connectivity index (χ2n) is 2.43. The second kappa shape index (κ2) is 2.87. The van der Waals surface area contributed by atoms with Crippen molar-refractivity contribution < 1.29 is 13.9 Å². The summed E-state index contributed by atoms with van der Waals surface area (Å²) >= 11 is 0. The van der Waals surface area contributed by atoms with Gasteiger partial charge < -0.3 is 13.9 Å². The average molecular weight is 164 g/mol. The summed E-state index contributed by atoms with van der Waals surface area (Å²) in [5.41, 5.74) is 0. The molecule has 3 heteroatoms. The molecule has 12 heavy (non-hydrogen) atoms. The zero-order valence-corrected chi connectivity index (χ0v) is 6.31. The summed E-state index contributed by atoms with van der Waals surface area (Å²) in [7, 11) is 0. The maximum Gasteiger partial charge on any atom is 0.169 e. The summed E-state index contributed by atoms with van der Waals surface area (Å²) in [6.07, 6.45) is 2.23. The molecule has 0 unspecified atom stereocenters. The fourth-order valence-electron chi connectivity index (χ4n) is 1.03. The summed E-state index contributed by atoms with van der Waals surface area (Å²) in [6.45, 7) is 0. The highest BCUT2D eigenvalue weighted by Gasteiger charge is 2.14. The second-order valence-corrected chi connectivity index (χ2v) is 2.43. The lowest BCUT2D eigenvalue weighted by Crippen LogP contribution is -1.94. The van der Waals surface area contributed by atoms with Crippen LogP contribution in [0.25, 0.3) is 0 Å². The van der Waals surface area contributed by atoms with Crippen molar-refractivity contribution in [2.75, 3.05) is 0 Å². The van der Waals surface area contributed by atoms with Crippen LogP contribution in [0.4, 0.5) is 0 Å². The summed E-state index contributed by atoms with van der Waals surface area (Å²) in [4.78, 5) is 0. The molecule has 0 aliphatic heterocycles. The molecule has 0 spiro atoms. The molecule has 2 rings (SSSR count). The van der Waals surface area contributed by atoms with Gasteiger partial charge in [-0.25, -0.2) is 0 Å². The van der Waals surface area contributed by atoms with Gasteiger partial charge in [0.15, 0.2) is 6.10 Å². The first-order chi connectivity index (χ1) is 5.88. The van der Waals surface area contributed by atoms with Crippen LogP contribution in [0.1, 0.15) is 17.6 Å². The van der Waals surface area contributed by atoms with Crippen molar-refractivity contribution in [3.63, 3.8) is 0 Å². The Morgan fingerprint density at radius 2 is 1.50 bits per heavy atom. The van der Waals surface area contributed by atoms with Crippen LogP contribution in [-0.4, -0.2) is 5.11 Å². The van der Waals surface area contributed by atoms with E-state index in [1.807, 2.05) is 0 Å². The standard InChI is InChI=1S/C9H8O3/c10-9(7-3-1-5-11-7)8-4-2-6-12-8/h1-6,9-10H. The lowest BCUT2D eigenvalue weighted by atomic mass is 10.2. The summed E-state index contributed by atoms with van der Waals surface area (Å²) < 4.78 is 10.0. The molecule has 0 aromatic carbocycles. The molecule has 0 saturated carbocycles. The third-order valence-electron chi connectivity index (χ3n) is 1.63. The molecule has 0 aliphatic carbocycles. The smallest absolute Gasteiger partial charge is 0.169 e. The fraction of sp³-hybridized carbons (Fsp3) is 0.111. The van der Waals surface area contributed by atoms with Gasteiger partial charge in [0.05, 0.1) is 12.5 Å². The Kier molecular flexibility index (Phi) is 1.72. The van der Waals surface area contributed by atoms with E-state index in [9.17, 15) is 5.11 Å². The molecule has 2 aromatic rings. The maximum absolute atomic E-state index is 9.58. The van der Waals surface area contributed by atoms with Gasteiger partial charge in [-0.05, 0) is 24.3 Å². The van der Waals surface area contributed by atoms with E-state index in [4.69, 9.17) is 8.83 Å². The van der Waals surface area contributed by atoms with Gasteiger partial charge in [-0.3, -0.25) is 0 Å². The van der Waals surface area contributed by atoms with Crippen molar-refractivity contribution in [1.29, 1.82) is 0 Å². The minimum atomic E-state index is -0.796. The molecule has 2 aromatic heterocycles. The first-order valence-electron chi connectivity index (χ1n) is 3.63. The zero-order chi connectivity index (χ0) is 8.39. The van der Waals surface area contributed by atoms with Crippen molar-refractivity contribution in [3.8, 4) is 0 Å². The number of hydrogen-bond acceptors (Lipinski definition) is 3. The van der Waals surface area contributed by atoms with Crippen LogP contribution >= 0.6 is 0 Å². The predicted molar refractivity (Wildman–Crippen MR) is 41.5 cm³/mol. The van der Waals surface area contributed by atoms with E-state index >= 15 is 0 Å². The van der Waals surface area contributed by atoms with Gasteiger partial charge in [0, 0.05) is 0 Å². The van der Waals surface area contributed by atoms with Crippen LogP contribution in [0, 0.1) is 0 Å². The number of furan rings is 2. The van der Waals surface area contributed by atoms with Gasteiger partial charge in [-0.2, -0.15) is 0 Å². The number of hydrogen-bond donors (Lipinski definition) is 1. The third-order valence-corrected chi connectivity index (χ3v) is 1.63. The molecule has 0 amide bonds. The molecular weight excluding hydrogens is 156 g/mol. The van der Waals surface area contributed by atoms with E-state index in [1.54, 1.807) is 24.3 Å². The highest BCUT2D eigenvalue weighted by Crippen LogP contribution is 2.21. The molecule has 0 saturated heterocycles. The van der Waals surface area contributed by atoms with Gasteiger partial charge in [-0.15, -0.1) is 0 Å². The van der Waals surface area contributed by atoms with Crippen LogP contribution < -0.4 is 0 Å². The monoisotopic (exact) mass is 164 g/mol. The van der Waals surface area contributed by atoms with Crippen molar-refractivity contribution in [3.05, 3.63) is 48.3 Å². The summed E-state index contributed by atoms with van der Waals surface area (Å²) in [5, 5.41) is 9.58. The molecule has 0 fully saturated rings. The topological polar surface area (TPSA) is 46.5 Å². The van der Waals surface area contributed by atoms with E-state index in [0.717, 1.165) is 0 Å². The van der Waals surface area contributed by atoms with Crippen molar-refractivity contribution in [1.82, 2.24) is 0 Å². The first-order valence-corrected chi connectivity index (χ1v) is 3.63. The van der Waals surface area contributed by atoms with Crippen molar-refractivity contribution >= 4 is 0 Å². The highest BCUT2D eigenvalue weighted by molar-refractivity contribution is 5.14. The quantitative estimate of drug-likeness (QED) is 0.737. The Morgan fingerprint density at radius 3 is 1.83 bits per heavy atom. The van der Waals surface area contributed by atoms with Crippen LogP contribution in [0.3, 0.4) is 0 Å². The normalized spacial score (nSPS) is 10.8. The molecule has 0 bridgehead atoms. The summed E-state index contributed by atoms with van der Waals surface area (Å²) in [5.74, 6) is 0.981. The Bertz CT molecular complexity index is 286. The lowest BCUT2D eigenvalue weighted by molar-refractivity contribution is 0.162. The fourth-order valence-corrected chi connectivity index (χ4v) is 1.03. The van der Waals surface area contributed by atoms with Crippen molar-refractivity contribution in [2.45, 2.75) is 6.10 Å². The van der Waals surface area contributed by atoms with Crippen LogP contribution in [0.5, 0.6) is 0 Å². The van der Waals surface area contributed by atoms with Gasteiger partial charge in [0.1, 0.15) is 11.5 Å². The van der Waals surface area contributed by atoms with E-state index in [1.165, 1.54) is 12.5 Å². The largest absolute Gasteiger partial charge is 0.466 e. The molecular formula is C9H8O3. The molecule has 0 aliphatic rings. The molecule has 0 radical (unpaired) electrons. The Morgan fingerprint density at radius 1 is 1.00 bits per heavy atom. The van der Waals surface area contributed by atoms with Gasteiger partial charge in [0.2, 0.25) is 0 Å². The number of aliphatic hydroxyl groups is 1. The molecule has 1 N–H and O–H groups in total. The van der Waals surface area contributed by atoms with E-state index in [-0.39, 0.29) is 0 Å². The predicted octanol–water partition coefficient (Wildman–Crippen LogP) is 1.95. The first kappa shape index (κ1) is 7.18. The van der Waals surface area contributed by atoms with E-state index in [2.05, 4.69) is 0 Å². The minimum absolute atomic E-state index is 0.491. The minimum Gasteiger partial charge on any atom is -0.466 e. The van der Waals surface area contributed by atoms with Gasteiger partial charge >= 0.3 is 0 Å². The number of rotatable bonds is 2. The lowest BCUT2D eigenvalue weighted by Gasteiger charge is -2.02. The van der Waals surface area contributed by atoms with Gasteiger partial charge in [-0.1, -0.05) is 0 Å². The van der Waals surface area contributed by atoms with Gasteiger partial charge in [0.25, 0.3) is 0 Å². The van der Waals surface area contributed by atoms with Crippen LogP contribution in [0.15, 0.2) is 45.6 Å². The van der Waals surface area contributed by atoms with Crippen molar-refractivity contribution in [2.24, 2.45) is 0 Å². The van der Waals surface area contributed by atoms with Crippen LogP contribution in [-0.2, 0) is 0 Å². The van der Waals surface area contributed by atoms with E-state index in [0.29, 0.717) is 11.5 Å². The summed E-state index contributed by atoms with van der Waals surface area (Å²) in [6, 6.07) is 6.85. The molecule has 0 atom stereocenters. The zero-order valence-electron chi connectivity index (χ0n) is 6.31. The SMILES string of the molecule is OC(c1ccco1)c1ccco1. The Labute approximate surface area is 69.2 Å². The molecule has 62 valence electrons. The van der Waals surface area contributed by atoms with Crippen LogP contribution in [0.2, 0.25) is 0 Å². The average Bonchev–Trinajstić information content (AvgIpc) is 2.77. The molecule has 2 heterocycles. The van der Waals surface area contributed by atoms with E-state index < -0.39 is 6.10 Å².